The second kappa shape index (κ2) is 8.45. The Morgan fingerprint density at radius 2 is 1.83 bits per heavy atom. The van der Waals surface area contributed by atoms with Crippen molar-refractivity contribution in [2.24, 2.45) is 5.10 Å². The van der Waals surface area contributed by atoms with Crippen LogP contribution in [0.5, 0.6) is 0 Å². The highest BCUT2D eigenvalue weighted by molar-refractivity contribution is 9.10. The van der Waals surface area contributed by atoms with Gasteiger partial charge < -0.3 is 0 Å². The van der Waals surface area contributed by atoms with Crippen molar-refractivity contribution in [3.63, 3.8) is 0 Å². The molecule has 1 aromatic heterocycles. The molecule has 4 aromatic rings. The number of benzene rings is 3. The van der Waals surface area contributed by atoms with E-state index in [1.165, 1.54) is 16.3 Å². The molecule has 0 atom stereocenters. The van der Waals surface area contributed by atoms with E-state index >= 15 is 0 Å². The van der Waals surface area contributed by atoms with Gasteiger partial charge in [-0.2, -0.15) is 10.1 Å². The topological polar surface area (TPSA) is 45.6 Å². The number of carbonyl (C=O) groups is 1. The first-order valence-electron chi connectivity index (χ1n) is 8.76. The molecule has 1 heterocycles. The molecule has 3 aromatic carbocycles. The lowest BCUT2D eigenvalue weighted by molar-refractivity contribution is 0.0988. The monoisotopic (exact) mass is 483 g/mol. The summed E-state index contributed by atoms with van der Waals surface area (Å²) < 4.78 is 1.92. The van der Waals surface area contributed by atoms with Crippen LogP contribution < -0.4 is 5.01 Å². The lowest BCUT2D eigenvalue weighted by atomic mass is 10.2. The van der Waals surface area contributed by atoms with Crippen molar-refractivity contribution in [1.82, 2.24) is 4.98 Å². The molecule has 29 heavy (non-hydrogen) atoms. The van der Waals surface area contributed by atoms with Crippen LogP contribution in [0, 0.1) is 6.92 Å². The lowest BCUT2D eigenvalue weighted by Gasteiger charge is -2.14. The molecule has 4 rings (SSSR count). The molecule has 1 amide bonds. The van der Waals surface area contributed by atoms with Crippen LogP contribution >= 0.6 is 38.9 Å². The van der Waals surface area contributed by atoms with E-state index in [1.54, 1.807) is 30.5 Å². The Kier molecular flexibility index (Phi) is 5.76. The van der Waals surface area contributed by atoms with Gasteiger partial charge in [0.05, 0.1) is 16.4 Å². The first-order valence-corrected chi connectivity index (χ1v) is 10.7. The molecule has 0 bridgehead atoms. The van der Waals surface area contributed by atoms with Gasteiger partial charge in [0.2, 0.25) is 5.13 Å². The van der Waals surface area contributed by atoms with E-state index in [1.807, 2.05) is 49.4 Å². The van der Waals surface area contributed by atoms with Gasteiger partial charge >= 0.3 is 0 Å². The van der Waals surface area contributed by atoms with Crippen LogP contribution in [-0.4, -0.2) is 17.1 Å². The number of halogens is 2. The summed E-state index contributed by atoms with van der Waals surface area (Å²) in [4.78, 5) is 17.8. The summed E-state index contributed by atoms with van der Waals surface area (Å²) in [6.07, 6.45) is 1.66. The summed E-state index contributed by atoms with van der Waals surface area (Å²) in [6.45, 7) is 2.02. The Balaban J connectivity index is 1.75. The number of thiazole rings is 1. The summed E-state index contributed by atoms with van der Waals surface area (Å²) in [6, 6.07) is 20.5. The molecule has 0 aliphatic heterocycles. The van der Waals surface area contributed by atoms with Gasteiger partial charge in [0, 0.05) is 15.1 Å². The minimum absolute atomic E-state index is 0.275. The summed E-state index contributed by atoms with van der Waals surface area (Å²) in [5, 5.41) is 6.88. The van der Waals surface area contributed by atoms with E-state index in [2.05, 4.69) is 26.0 Å². The minimum Gasteiger partial charge on any atom is -0.267 e. The maximum Gasteiger partial charge on any atom is 0.280 e. The molecule has 0 N–H and O–H groups in total. The molecule has 0 saturated carbocycles. The van der Waals surface area contributed by atoms with Gasteiger partial charge in [-0.25, -0.2) is 4.98 Å². The summed E-state index contributed by atoms with van der Waals surface area (Å²) in [5.41, 5.74) is 3.35. The normalized spacial score (nSPS) is 11.3. The zero-order valence-electron chi connectivity index (χ0n) is 15.3. The molecule has 0 fully saturated rings. The molecule has 7 heteroatoms. The molecular weight excluding hydrogens is 470 g/mol. The number of aromatic nitrogens is 1. The van der Waals surface area contributed by atoms with Gasteiger partial charge in [-0.15, -0.1) is 0 Å². The van der Waals surface area contributed by atoms with Crippen molar-refractivity contribution in [2.45, 2.75) is 6.92 Å². The molecule has 0 saturated heterocycles. The lowest BCUT2D eigenvalue weighted by Crippen LogP contribution is -2.25. The molecule has 0 unspecified atom stereocenters. The van der Waals surface area contributed by atoms with E-state index < -0.39 is 0 Å². The smallest absolute Gasteiger partial charge is 0.267 e. The van der Waals surface area contributed by atoms with Crippen LogP contribution in [0.15, 0.2) is 76.3 Å². The number of rotatable bonds is 4. The Morgan fingerprint density at radius 3 is 2.55 bits per heavy atom. The predicted octanol–water partition coefficient (Wildman–Crippen LogP) is 6.70. The third kappa shape index (κ3) is 4.56. The number of amides is 1. The second-order valence-corrected chi connectivity index (χ2v) is 8.75. The van der Waals surface area contributed by atoms with E-state index in [0.717, 1.165) is 25.8 Å². The average Bonchev–Trinajstić information content (AvgIpc) is 3.12. The molecule has 4 nitrogen and oxygen atoms in total. The Hall–Kier alpha value is -2.54. The maximum absolute atomic E-state index is 13.2. The fourth-order valence-corrected chi connectivity index (χ4v) is 4.26. The Bertz CT molecular complexity index is 1200. The molecular formula is C22H15BrClN3OS. The minimum atomic E-state index is -0.275. The average molecular weight is 485 g/mol. The first kappa shape index (κ1) is 19.8. The highest BCUT2D eigenvalue weighted by atomic mass is 79.9. The van der Waals surface area contributed by atoms with Gasteiger partial charge in [-0.05, 0) is 55.0 Å². The number of nitrogens with zero attached hydrogens (tertiary/aromatic N) is 3. The van der Waals surface area contributed by atoms with Crippen molar-refractivity contribution in [1.29, 1.82) is 0 Å². The molecule has 144 valence electrons. The maximum atomic E-state index is 13.2. The molecule has 0 spiro atoms. The fourth-order valence-electron chi connectivity index (χ4n) is 2.66. The SMILES string of the molecule is Cc1ccc(/C=N/N(C(=O)c2ccc(Cl)cc2)c2nc3ccc(Br)cc3s2)cc1. The number of aryl methyl sites for hydroxylation is 1. The Morgan fingerprint density at radius 1 is 1.10 bits per heavy atom. The molecule has 0 aliphatic carbocycles. The summed E-state index contributed by atoms with van der Waals surface area (Å²) in [5.74, 6) is -0.275. The Labute approximate surface area is 185 Å². The number of anilines is 1. The van der Waals surface area contributed by atoms with Crippen LogP contribution in [0.25, 0.3) is 10.2 Å². The van der Waals surface area contributed by atoms with Gasteiger partial charge in [-0.3, -0.25) is 4.79 Å². The highest BCUT2D eigenvalue weighted by Gasteiger charge is 2.21. The summed E-state index contributed by atoms with van der Waals surface area (Å²) in [7, 11) is 0. The van der Waals surface area contributed by atoms with Gasteiger partial charge in [0.15, 0.2) is 0 Å². The van der Waals surface area contributed by atoms with E-state index in [9.17, 15) is 4.79 Å². The van der Waals surface area contributed by atoms with Gasteiger partial charge in [-0.1, -0.05) is 68.7 Å². The largest absolute Gasteiger partial charge is 0.280 e. The van der Waals surface area contributed by atoms with E-state index in [4.69, 9.17) is 11.6 Å². The van der Waals surface area contributed by atoms with Crippen molar-refractivity contribution in [3.05, 3.63) is 92.9 Å². The quantitative estimate of drug-likeness (QED) is 0.239. The first-order chi connectivity index (χ1) is 14.0. The third-order valence-electron chi connectivity index (χ3n) is 4.20. The van der Waals surface area contributed by atoms with Crippen molar-refractivity contribution < 1.29 is 4.79 Å². The van der Waals surface area contributed by atoms with Crippen LogP contribution in [0.3, 0.4) is 0 Å². The van der Waals surface area contributed by atoms with Crippen LogP contribution in [0.4, 0.5) is 5.13 Å². The second-order valence-electron chi connectivity index (χ2n) is 6.39. The van der Waals surface area contributed by atoms with E-state index in [-0.39, 0.29) is 5.91 Å². The predicted molar refractivity (Wildman–Crippen MR) is 124 cm³/mol. The standard InChI is InChI=1S/C22H15BrClN3OS/c1-14-2-4-15(5-3-14)13-25-27(21(28)16-6-9-18(24)10-7-16)22-26-19-11-8-17(23)12-20(19)29-22/h2-13H,1H3/b25-13+. The van der Waals surface area contributed by atoms with Crippen LogP contribution in [0.1, 0.15) is 21.5 Å². The molecule has 0 aliphatic rings. The van der Waals surface area contributed by atoms with Gasteiger partial charge in [0.1, 0.15) is 0 Å². The number of hydrogen-bond donors (Lipinski definition) is 0. The van der Waals surface area contributed by atoms with Crippen molar-refractivity contribution >= 4 is 66.3 Å². The zero-order valence-corrected chi connectivity index (χ0v) is 18.5. The number of hydrazone groups is 1. The zero-order chi connectivity index (χ0) is 20.4. The summed E-state index contributed by atoms with van der Waals surface area (Å²) >= 11 is 10.8. The van der Waals surface area contributed by atoms with Gasteiger partial charge in [0.25, 0.3) is 5.91 Å². The number of fused-ring (bicyclic) bond motifs is 1. The van der Waals surface area contributed by atoms with Crippen LogP contribution in [0.2, 0.25) is 5.02 Å². The van der Waals surface area contributed by atoms with Crippen molar-refractivity contribution in [2.75, 3.05) is 5.01 Å². The fraction of sp³-hybridized carbons (Fsp3) is 0.0455. The van der Waals surface area contributed by atoms with Crippen molar-refractivity contribution in [3.8, 4) is 0 Å². The van der Waals surface area contributed by atoms with Crippen LogP contribution in [-0.2, 0) is 0 Å². The number of carbonyl (C=O) groups excluding carboxylic acids is 1. The molecule has 0 radical (unpaired) electrons. The van der Waals surface area contributed by atoms with E-state index in [0.29, 0.717) is 15.7 Å². The number of hydrogen-bond acceptors (Lipinski definition) is 4. The third-order valence-corrected chi connectivity index (χ3v) is 5.94. The highest BCUT2D eigenvalue weighted by Crippen LogP contribution is 2.32.